The minimum Gasteiger partial charge on any atom is -0.395 e. The third-order valence-corrected chi connectivity index (χ3v) is 3.86. The number of aliphatic hydroxyl groups is 2. The van der Waals surface area contributed by atoms with Crippen molar-refractivity contribution in [3.05, 3.63) is 35.9 Å². The van der Waals surface area contributed by atoms with Crippen LogP contribution in [0.1, 0.15) is 5.56 Å². The van der Waals surface area contributed by atoms with Crippen molar-refractivity contribution in [3.63, 3.8) is 0 Å². The van der Waals surface area contributed by atoms with Crippen LogP contribution in [0.2, 0.25) is 0 Å². The number of benzene rings is 2. The first-order valence-corrected chi connectivity index (χ1v) is 7.57. The number of aliphatic hydroxyl groups excluding tert-OH is 2. The number of hydrogen-bond donors (Lipinski definition) is 3. The van der Waals surface area contributed by atoms with E-state index in [0.717, 1.165) is 27.8 Å². The lowest BCUT2D eigenvalue weighted by Gasteiger charge is -2.24. The zero-order valence-corrected chi connectivity index (χ0v) is 13.0. The van der Waals surface area contributed by atoms with E-state index < -0.39 is 0 Å². The zero-order valence-electron chi connectivity index (χ0n) is 13.0. The number of rotatable bonds is 5. The molecule has 0 amide bonds. The summed E-state index contributed by atoms with van der Waals surface area (Å²) < 4.78 is 0. The SMILES string of the molecule is Cc1ccc2nc3c(N)c(N(CCO)CCO)ccc3nc2c1. The largest absolute Gasteiger partial charge is 0.395 e. The molecule has 0 spiro atoms. The number of anilines is 2. The summed E-state index contributed by atoms with van der Waals surface area (Å²) in [7, 11) is 0. The number of aromatic nitrogens is 2. The Morgan fingerprint density at radius 2 is 1.65 bits per heavy atom. The molecule has 6 heteroatoms. The monoisotopic (exact) mass is 312 g/mol. The Labute approximate surface area is 134 Å². The van der Waals surface area contributed by atoms with Gasteiger partial charge in [0.2, 0.25) is 0 Å². The van der Waals surface area contributed by atoms with E-state index in [-0.39, 0.29) is 13.2 Å². The highest BCUT2D eigenvalue weighted by atomic mass is 16.3. The Balaban J connectivity index is 2.17. The van der Waals surface area contributed by atoms with Crippen LogP contribution in [0.4, 0.5) is 11.4 Å². The first-order valence-electron chi connectivity index (χ1n) is 7.57. The lowest BCUT2D eigenvalue weighted by molar-refractivity contribution is 0.281. The molecule has 0 saturated carbocycles. The molecular weight excluding hydrogens is 292 g/mol. The second kappa shape index (κ2) is 6.36. The van der Waals surface area contributed by atoms with Crippen molar-refractivity contribution in [1.29, 1.82) is 0 Å². The van der Waals surface area contributed by atoms with Crippen molar-refractivity contribution in [1.82, 2.24) is 9.97 Å². The van der Waals surface area contributed by atoms with Crippen LogP contribution in [-0.2, 0) is 0 Å². The van der Waals surface area contributed by atoms with Gasteiger partial charge < -0.3 is 20.8 Å². The second-order valence-electron chi connectivity index (χ2n) is 5.52. The summed E-state index contributed by atoms with van der Waals surface area (Å²) in [6.45, 7) is 2.79. The van der Waals surface area contributed by atoms with Crippen LogP contribution in [-0.4, -0.2) is 46.5 Å². The lowest BCUT2D eigenvalue weighted by Crippen LogP contribution is -2.30. The molecule has 1 aromatic heterocycles. The van der Waals surface area contributed by atoms with Gasteiger partial charge in [-0.15, -0.1) is 0 Å². The number of fused-ring (bicyclic) bond motifs is 2. The van der Waals surface area contributed by atoms with Crippen LogP contribution in [0, 0.1) is 6.92 Å². The maximum atomic E-state index is 9.20. The first kappa shape index (κ1) is 15.5. The molecule has 0 aliphatic carbocycles. The summed E-state index contributed by atoms with van der Waals surface area (Å²) in [4.78, 5) is 11.1. The molecule has 4 N–H and O–H groups in total. The predicted octanol–water partition coefficient (Wildman–Crippen LogP) is 1.46. The van der Waals surface area contributed by atoms with Gasteiger partial charge in [0.1, 0.15) is 5.52 Å². The molecule has 2 aromatic carbocycles. The Hall–Kier alpha value is -2.44. The standard InChI is InChI=1S/C17H20N4O2/c1-11-2-3-12-14(10-11)19-13-4-5-15(16(18)17(13)20-12)21(6-8-22)7-9-23/h2-5,10,22-23H,6-9,18H2,1H3. The molecule has 0 saturated heterocycles. The van der Waals surface area contributed by atoms with Gasteiger partial charge >= 0.3 is 0 Å². The van der Waals surface area contributed by atoms with E-state index in [1.54, 1.807) is 0 Å². The van der Waals surface area contributed by atoms with Gasteiger partial charge in [0.15, 0.2) is 0 Å². The fourth-order valence-corrected chi connectivity index (χ4v) is 2.73. The van der Waals surface area contributed by atoms with E-state index >= 15 is 0 Å². The van der Waals surface area contributed by atoms with Crippen LogP contribution in [0.15, 0.2) is 30.3 Å². The number of aryl methyl sites for hydroxylation is 1. The zero-order chi connectivity index (χ0) is 16.4. The van der Waals surface area contributed by atoms with Gasteiger partial charge in [0.25, 0.3) is 0 Å². The first-order chi connectivity index (χ1) is 11.1. The molecule has 0 unspecified atom stereocenters. The van der Waals surface area contributed by atoms with E-state index in [1.165, 1.54) is 0 Å². The summed E-state index contributed by atoms with van der Waals surface area (Å²) in [6.07, 6.45) is 0. The fraction of sp³-hybridized carbons (Fsp3) is 0.294. The number of nitrogens with two attached hydrogens (primary N) is 1. The molecular formula is C17H20N4O2. The van der Waals surface area contributed by atoms with Crippen LogP contribution >= 0.6 is 0 Å². The predicted molar refractivity (Wildman–Crippen MR) is 92.6 cm³/mol. The molecule has 6 nitrogen and oxygen atoms in total. The molecule has 0 aliphatic heterocycles. The van der Waals surface area contributed by atoms with Gasteiger partial charge in [-0.25, -0.2) is 9.97 Å². The van der Waals surface area contributed by atoms with Crippen LogP contribution in [0.3, 0.4) is 0 Å². The summed E-state index contributed by atoms with van der Waals surface area (Å²) in [5.74, 6) is 0. The van der Waals surface area contributed by atoms with Crippen molar-refractivity contribution >= 4 is 33.4 Å². The molecule has 0 bridgehead atoms. The van der Waals surface area contributed by atoms with Gasteiger partial charge in [0.05, 0.1) is 41.1 Å². The highest BCUT2D eigenvalue weighted by Crippen LogP contribution is 2.30. The van der Waals surface area contributed by atoms with Crippen molar-refractivity contribution < 1.29 is 10.2 Å². The molecule has 1 heterocycles. The Bertz CT molecular complexity index is 845. The van der Waals surface area contributed by atoms with Crippen LogP contribution < -0.4 is 10.6 Å². The van der Waals surface area contributed by atoms with Crippen LogP contribution in [0.25, 0.3) is 22.1 Å². The van der Waals surface area contributed by atoms with Crippen molar-refractivity contribution in [2.24, 2.45) is 0 Å². The highest BCUT2D eigenvalue weighted by molar-refractivity contribution is 5.98. The molecule has 0 aliphatic rings. The smallest absolute Gasteiger partial charge is 0.114 e. The Morgan fingerprint density at radius 1 is 0.957 bits per heavy atom. The molecule has 3 rings (SSSR count). The summed E-state index contributed by atoms with van der Waals surface area (Å²) in [6, 6.07) is 9.65. The molecule has 0 fully saturated rings. The van der Waals surface area contributed by atoms with E-state index in [9.17, 15) is 10.2 Å². The number of hydrogen-bond acceptors (Lipinski definition) is 6. The summed E-state index contributed by atoms with van der Waals surface area (Å²) in [5, 5.41) is 18.4. The van der Waals surface area contributed by atoms with Gasteiger partial charge in [-0.2, -0.15) is 0 Å². The third kappa shape index (κ3) is 2.91. The van der Waals surface area contributed by atoms with Gasteiger partial charge in [-0.05, 0) is 36.8 Å². The third-order valence-electron chi connectivity index (χ3n) is 3.86. The van der Waals surface area contributed by atoms with Crippen molar-refractivity contribution in [2.75, 3.05) is 36.9 Å². The maximum Gasteiger partial charge on any atom is 0.114 e. The topological polar surface area (TPSA) is 95.5 Å². The molecule has 120 valence electrons. The Morgan fingerprint density at radius 3 is 2.35 bits per heavy atom. The number of nitrogens with zero attached hydrogens (tertiary/aromatic N) is 3. The average molecular weight is 312 g/mol. The molecule has 0 radical (unpaired) electrons. The van der Waals surface area contributed by atoms with E-state index in [1.807, 2.05) is 42.2 Å². The fourth-order valence-electron chi connectivity index (χ4n) is 2.73. The average Bonchev–Trinajstić information content (AvgIpc) is 2.54. The van der Waals surface area contributed by atoms with Gasteiger partial charge in [-0.1, -0.05) is 6.07 Å². The quantitative estimate of drug-likeness (QED) is 0.488. The maximum absolute atomic E-state index is 9.20. The second-order valence-corrected chi connectivity index (χ2v) is 5.52. The highest BCUT2D eigenvalue weighted by Gasteiger charge is 2.14. The molecule has 3 aromatic rings. The van der Waals surface area contributed by atoms with Gasteiger partial charge in [-0.3, -0.25) is 0 Å². The van der Waals surface area contributed by atoms with Crippen molar-refractivity contribution in [2.45, 2.75) is 6.92 Å². The molecule has 0 atom stereocenters. The molecule has 23 heavy (non-hydrogen) atoms. The summed E-state index contributed by atoms with van der Waals surface area (Å²) in [5.41, 5.74) is 11.7. The normalized spacial score (nSPS) is 11.3. The summed E-state index contributed by atoms with van der Waals surface area (Å²) >= 11 is 0. The van der Waals surface area contributed by atoms with Gasteiger partial charge in [0, 0.05) is 13.1 Å². The van der Waals surface area contributed by atoms with E-state index in [2.05, 4.69) is 9.97 Å². The number of nitrogen functional groups attached to an aromatic ring is 1. The van der Waals surface area contributed by atoms with Crippen molar-refractivity contribution in [3.8, 4) is 0 Å². The lowest BCUT2D eigenvalue weighted by atomic mass is 10.1. The van der Waals surface area contributed by atoms with Crippen LogP contribution in [0.5, 0.6) is 0 Å². The minimum absolute atomic E-state index is 0.0137. The van der Waals surface area contributed by atoms with E-state index in [0.29, 0.717) is 24.3 Å². The minimum atomic E-state index is -0.0137. The Kier molecular flexibility index (Phi) is 4.27. The van der Waals surface area contributed by atoms with E-state index in [4.69, 9.17) is 5.73 Å².